The van der Waals surface area contributed by atoms with Gasteiger partial charge in [0.05, 0.1) is 10.4 Å². The maximum absolute atomic E-state index is 12.9. The molecule has 4 N–H and O–H groups in total. The number of pyridine rings is 1. The van der Waals surface area contributed by atoms with Gasteiger partial charge in [-0.25, -0.2) is 23.4 Å². The van der Waals surface area contributed by atoms with Gasteiger partial charge in [0, 0.05) is 34.9 Å². The zero-order chi connectivity index (χ0) is 26.9. The van der Waals surface area contributed by atoms with Crippen molar-refractivity contribution >= 4 is 32.7 Å². The Morgan fingerprint density at radius 1 is 1.00 bits per heavy atom. The largest absolute Gasteiger partial charge is 0.351 e. The number of rotatable bonds is 7. The van der Waals surface area contributed by atoms with E-state index in [1.165, 1.54) is 0 Å². The van der Waals surface area contributed by atoms with Crippen LogP contribution in [0.25, 0.3) is 22.0 Å². The number of sulfonamides is 1. The van der Waals surface area contributed by atoms with Crippen LogP contribution in [0.1, 0.15) is 49.4 Å². The number of anilines is 2. The molecule has 0 saturated heterocycles. The van der Waals surface area contributed by atoms with Gasteiger partial charge in [0.15, 0.2) is 0 Å². The van der Waals surface area contributed by atoms with E-state index in [1.54, 1.807) is 31.2 Å². The predicted octanol–water partition coefficient (Wildman–Crippen LogP) is 5.35. The Morgan fingerprint density at radius 2 is 1.76 bits per heavy atom. The van der Waals surface area contributed by atoms with Crippen molar-refractivity contribution in [1.82, 2.24) is 15.0 Å². The van der Waals surface area contributed by atoms with Crippen LogP contribution in [0, 0.1) is 13.8 Å². The lowest BCUT2D eigenvalue weighted by Crippen LogP contribution is -2.33. The van der Waals surface area contributed by atoms with Crippen molar-refractivity contribution in [1.29, 1.82) is 0 Å². The van der Waals surface area contributed by atoms with E-state index >= 15 is 0 Å². The summed E-state index contributed by atoms with van der Waals surface area (Å²) in [5.41, 5.74) is 11.4. The highest BCUT2D eigenvalue weighted by Crippen LogP contribution is 2.31. The minimum atomic E-state index is -3.74. The van der Waals surface area contributed by atoms with Crippen molar-refractivity contribution in [2.45, 2.75) is 69.9 Å². The quantitative estimate of drug-likeness (QED) is 0.294. The number of hydrogen-bond donors (Lipinski definition) is 3. The minimum absolute atomic E-state index is 0.242. The van der Waals surface area contributed by atoms with E-state index in [1.807, 2.05) is 25.3 Å². The van der Waals surface area contributed by atoms with E-state index in [-0.39, 0.29) is 10.7 Å². The van der Waals surface area contributed by atoms with E-state index in [2.05, 4.69) is 39.1 Å². The first-order valence-electron chi connectivity index (χ1n) is 13.1. The molecule has 0 radical (unpaired) electrons. The van der Waals surface area contributed by atoms with Crippen molar-refractivity contribution in [3.05, 3.63) is 71.5 Å². The second-order valence-electron chi connectivity index (χ2n) is 10.1. The van der Waals surface area contributed by atoms with Gasteiger partial charge >= 0.3 is 0 Å². The molecule has 4 aromatic rings. The van der Waals surface area contributed by atoms with Gasteiger partial charge in [-0.3, -0.25) is 4.72 Å². The number of aromatic nitrogens is 3. The Morgan fingerprint density at radius 3 is 2.47 bits per heavy atom. The van der Waals surface area contributed by atoms with E-state index in [4.69, 9.17) is 10.7 Å². The molecule has 0 bridgehead atoms. The zero-order valence-electron chi connectivity index (χ0n) is 22.0. The number of fused-ring (bicyclic) bond motifs is 1. The van der Waals surface area contributed by atoms with Crippen LogP contribution in [-0.4, -0.2) is 35.5 Å². The first-order valence-corrected chi connectivity index (χ1v) is 14.6. The van der Waals surface area contributed by atoms with Crippen molar-refractivity contribution in [2.75, 3.05) is 10.0 Å². The standard InChI is InChI=1S/C29H34N6O2S/c1-4-20-15-21(16-22-17-31-29(34-28(20)22)33-24-11-9-23(30)10-12-24)25-13-14-27(32-19(25)3)35-38(36,37)26-8-6-5-7-18(26)2/h5-8,13-17,23-24H,4,9-12,30H2,1-3H3,(H,32,35)(H,31,33,34). The Kier molecular flexibility index (Phi) is 7.32. The van der Waals surface area contributed by atoms with Crippen LogP contribution >= 0.6 is 0 Å². The number of nitrogens with one attached hydrogen (secondary N) is 2. The Balaban J connectivity index is 1.41. The molecule has 38 heavy (non-hydrogen) atoms. The molecule has 2 aromatic carbocycles. The van der Waals surface area contributed by atoms with Gasteiger partial charge in [0.25, 0.3) is 10.0 Å². The third-order valence-electron chi connectivity index (χ3n) is 7.27. The van der Waals surface area contributed by atoms with E-state index in [0.29, 0.717) is 23.6 Å². The molecule has 0 amide bonds. The number of benzene rings is 2. The lowest BCUT2D eigenvalue weighted by molar-refractivity contribution is 0.410. The highest BCUT2D eigenvalue weighted by Gasteiger charge is 2.20. The molecule has 2 heterocycles. The van der Waals surface area contributed by atoms with E-state index in [0.717, 1.165) is 65.4 Å². The summed E-state index contributed by atoms with van der Waals surface area (Å²) in [5.74, 6) is 0.942. The fourth-order valence-electron chi connectivity index (χ4n) is 5.13. The fraction of sp³-hybridized carbons (Fsp3) is 0.345. The number of hydrogen-bond acceptors (Lipinski definition) is 7. The molecule has 8 nitrogen and oxygen atoms in total. The van der Waals surface area contributed by atoms with E-state index in [9.17, 15) is 8.42 Å². The lowest BCUT2D eigenvalue weighted by atomic mass is 9.92. The van der Waals surface area contributed by atoms with Crippen molar-refractivity contribution in [3.8, 4) is 11.1 Å². The average Bonchev–Trinajstić information content (AvgIpc) is 2.89. The predicted molar refractivity (Wildman–Crippen MR) is 153 cm³/mol. The van der Waals surface area contributed by atoms with Crippen molar-refractivity contribution in [3.63, 3.8) is 0 Å². The molecular formula is C29H34N6O2S. The van der Waals surface area contributed by atoms with Crippen LogP contribution < -0.4 is 15.8 Å². The molecular weight excluding hydrogens is 496 g/mol. The molecule has 0 aliphatic heterocycles. The summed E-state index contributed by atoms with van der Waals surface area (Å²) < 4.78 is 28.4. The summed E-state index contributed by atoms with van der Waals surface area (Å²) in [5, 5.41) is 4.45. The first kappa shape index (κ1) is 26.1. The normalized spacial score (nSPS) is 17.9. The maximum Gasteiger partial charge on any atom is 0.263 e. The average molecular weight is 531 g/mol. The molecule has 1 saturated carbocycles. The van der Waals surface area contributed by atoms with Crippen LogP contribution in [-0.2, 0) is 16.4 Å². The molecule has 5 rings (SSSR count). The number of aryl methyl sites for hydroxylation is 3. The molecule has 0 spiro atoms. The summed E-state index contributed by atoms with van der Waals surface area (Å²) in [6.07, 6.45) is 6.80. The summed E-state index contributed by atoms with van der Waals surface area (Å²) in [6.45, 7) is 5.77. The third-order valence-corrected chi connectivity index (χ3v) is 8.78. The second kappa shape index (κ2) is 10.7. The topological polar surface area (TPSA) is 123 Å². The van der Waals surface area contributed by atoms with Crippen LogP contribution in [0.5, 0.6) is 0 Å². The van der Waals surface area contributed by atoms with Crippen LogP contribution in [0.2, 0.25) is 0 Å². The number of nitrogens with zero attached hydrogens (tertiary/aromatic N) is 3. The van der Waals surface area contributed by atoms with Gasteiger partial charge in [-0.15, -0.1) is 0 Å². The highest BCUT2D eigenvalue weighted by molar-refractivity contribution is 7.92. The Bertz CT molecular complexity index is 1580. The minimum Gasteiger partial charge on any atom is -0.351 e. The molecule has 1 fully saturated rings. The molecule has 9 heteroatoms. The molecule has 1 aliphatic rings. The van der Waals surface area contributed by atoms with Crippen molar-refractivity contribution < 1.29 is 8.42 Å². The second-order valence-corrected chi connectivity index (χ2v) is 11.7. The van der Waals surface area contributed by atoms with Crippen LogP contribution in [0.3, 0.4) is 0 Å². The van der Waals surface area contributed by atoms with Gasteiger partial charge in [-0.1, -0.05) is 25.1 Å². The zero-order valence-corrected chi connectivity index (χ0v) is 22.8. The molecule has 0 atom stereocenters. The third kappa shape index (κ3) is 5.49. The summed E-state index contributed by atoms with van der Waals surface area (Å²) in [4.78, 5) is 14.3. The van der Waals surface area contributed by atoms with Gasteiger partial charge in [-0.2, -0.15) is 0 Å². The SMILES string of the molecule is CCc1cc(-c2ccc(NS(=O)(=O)c3ccccc3C)nc2C)cc2cnc(NC3CCC(N)CC3)nc12. The van der Waals surface area contributed by atoms with Crippen LogP contribution in [0.15, 0.2) is 59.6 Å². The van der Waals surface area contributed by atoms with Gasteiger partial charge in [0.1, 0.15) is 5.82 Å². The molecule has 2 aromatic heterocycles. The smallest absolute Gasteiger partial charge is 0.263 e. The van der Waals surface area contributed by atoms with Gasteiger partial charge < -0.3 is 11.1 Å². The van der Waals surface area contributed by atoms with E-state index < -0.39 is 10.0 Å². The van der Waals surface area contributed by atoms with Crippen LogP contribution in [0.4, 0.5) is 11.8 Å². The molecule has 0 unspecified atom stereocenters. The van der Waals surface area contributed by atoms with Crippen molar-refractivity contribution in [2.24, 2.45) is 5.73 Å². The highest BCUT2D eigenvalue weighted by atomic mass is 32.2. The molecule has 1 aliphatic carbocycles. The lowest BCUT2D eigenvalue weighted by Gasteiger charge is -2.26. The Hall–Kier alpha value is -3.56. The van der Waals surface area contributed by atoms with Gasteiger partial charge in [0.2, 0.25) is 5.95 Å². The monoisotopic (exact) mass is 530 g/mol. The van der Waals surface area contributed by atoms with Gasteiger partial charge in [-0.05, 0) is 93.0 Å². The first-order chi connectivity index (χ1) is 18.2. The summed E-state index contributed by atoms with van der Waals surface area (Å²) in [7, 11) is -3.74. The Labute approximate surface area is 224 Å². The summed E-state index contributed by atoms with van der Waals surface area (Å²) >= 11 is 0. The maximum atomic E-state index is 12.9. The summed E-state index contributed by atoms with van der Waals surface area (Å²) in [6, 6.07) is 15.4. The fourth-order valence-corrected chi connectivity index (χ4v) is 6.38. The number of nitrogens with two attached hydrogens (primary N) is 1. The molecule has 198 valence electrons.